The second kappa shape index (κ2) is 4.79. The number of fused-ring (bicyclic) bond motifs is 1. The van der Waals surface area contributed by atoms with Crippen LogP contribution in [0.1, 0.15) is 12.8 Å². The molecular weight excluding hydrogens is 272 g/mol. The summed E-state index contributed by atoms with van der Waals surface area (Å²) in [6, 6.07) is 3.39. The first kappa shape index (κ1) is 11.8. The highest BCUT2D eigenvalue weighted by Gasteiger charge is 2.23. The Bertz CT molecular complexity index is 594. The van der Waals surface area contributed by atoms with Gasteiger partial charge in [0.05, 0.1) is 28.5 Å². The summed E-state index contributed by atoms with van der Waals surface area (Å²) in [5, 5.41) is 6.49. The van der Waals surface area contributed by atoms with Gasteiger partial charge in [-0.25, -0.2) is 0 Å². The second-order valence-electron chi connectivity index (χ2n) is 4.19. The lowest BCUT2D eigenvalue weighted by atomic mass is 10.2. The van der Waals surface area contributed by atoms with E-state index in [-0.39, 0.29) is 11.9 Å². The van der Waals surface area contributed by atoms with Gasteiger partial charge in [-0.05, 0) is 31.5 Å². The zero-order valence-electron chi connectivity index (χ0n) is 9.44. The molecule has 2 aromatic rings. The van der Waals surface area contributed by atoms with Crippen LogP contribution in [0.25, 0.3) is 11.0 Å². The molecule has 1 atom stereocenters. The highest BCUT2D eigenvalue weighted by molar-refractivity contribution is 7.00. The predicted octanol–water partition coefficient (Wildman–Crippen LogP) is 2.04. The molecule has 0 radical (unpaired) electrons. The van der Waals surface area contributed by atoms with Crippen LogP contribution in [0.3, 0.4) is 0 Å². The average Bonchev–Trinajstić information content (AvgIpc) is 3.02. The smallest absolute Gasteiger partial charge is 0.241 e. The molecule has 3 rings (SSSR count). The number of carbonyl (C=O) groups excluding carboxylic acids is 1. The molecule has 1 aromatic heterocycles. The molecule has 0 spiro atoms. The number of hydrogen-bond donors (Lipinski definition) is 2. The van der Waals surface area contributed by atoms with Crippen LogP contribution in [-0.4, -0.2) is 27.2 Å². The van der Waals surface area contributed by atoms with Crippen LogP contribution in [0, 0.1) is 0 Å². The number of carbonyl (C=O) groups is 1. The van der Waals surface area contributed by atoms with Gasteiger partial charge in [-0.15, -0.1) is 0 Å². The van der Waals surface area contributed by atoms with Crippen LogP contribution in [0.15, 0.2) is 12.1 Å². The first-order valence-corrected chi connectivity index (χ1v) is 6.81. The standard InChI is InChI=1S/C11H11ClN4OS/c12-6-3-4-7-10(16-18-15-7)9(6)14-11(17)8-2-1-5-13-8/h3-4,8,13H,1-2,5H2,(H,14,17)/t8-/m1/s1. The van der Waals surface area contributed by atoms with Crippen molar-refractivity contribution in [3.63, 3.8) is 0 Å². The van der Waals surface area contributed by atoms with Gasteiger partial charge in [0.15, 0.2) is 0 Å². The monoisotopic (exact) mass is 282 g/mol. The number of hydrogen-bond acceptors (Lipinski definition) is 5. The Hall–Kier alpha value is -1.24. The maximum atomic E-state index is 12.1. The molecule has 0 unspecified atom stereocenters. The Morgan fingerprint density at radius 2 is 2.39 bits per heavy atom. The van der Waals surface area contributed by atoms with E-state index in [1.807, 2.05) is 0 Å². The van der Waals surface area contributed by atoms with E-state index in [0.717, 1.165) is 36.6 Å². The molecule has 1 aliphatic heterocycles. The molecule has 5 nitrogen and oxygen atoms in total. The van der Waals surface area contributed by atoms with Crippen LogP contribution in [0.2, 0.25) is 5.02 Å². The van der Waals surface area contributed by atoms with Crippen molar-refractivity contribution in [3.8, 4) is 0 Å². The van der Waals surface area contributed by atoms with Gasteiger partial charge >= 0.3 is 0 Å². The summed E-state index contributed by atoms with van der Waals surface area (Å²) in [7, 11) is 0. The normalized spacial score (nSPS) is 19.3. The Morgan fingerprint density at radius 1 is 1.50 bits per heavy atom. The van der Waals surface area contributed by atoms with E-state index in [2.05, 4.69) is 19.4 Å². The van der Waals surface area contributed by atoms with Crippen molar-refractivity contribution < 1.29 is 4.79 Å². The van der Waals surface area contributed by atoms with Crippen LogP contribution in [-0.2, 0) is 4.79 Å². The highest BCUT2D eigenvalue weighted by Crippen LogP contribution is 2.30. The number of nitrogens with zero attached hydrogens (tertiary/aromatic N) is 2. The highest BCUT2D eigenvalue weighted by atomic mass is 35.5. The number of anilines is 1. The maximum Gasteiger partial charge on any atom is 0.241 e. The largest absolute Gasteiger partial charge is 0.322 e. The number of aromatic nitrogens is 2. The summed E-state index contributed by atoms with van der Waals surface area (Å²) < 4.78 is 8.30. The molecule has 18 heavy (non-hydrogen) atoms. The maximum absolute atomic E-state index is 12.1. The van der Waals surface area contributed by atoms with Crippen LogP contribution < -0.4 is 10.6 Å². The van der Waals surface area contributed by atoms with Crippen molar-refractivity contribution >= 4 is 46.0 Å². The fourth-order valence-electron chi connectivity index (χ4n) is 2.06. The fraction of sp³-hybridized carbons (Fsp3) is 0.364. The molecule has 94 valence electrons. The summed E-state index contributed by atoms with van der Waals surface area (Å²) in [5.41, 5.74) is 1.96. The van der Waals surface area contributed by atoms with Gasteiger partial charge in [0.1, 0.15) is 11.0 Å². The molecule has 0 saturated carbocycles. The van der Waals surface area contributed by atoms with Crippen molar-refractivity contribution in [3.05, 3.63) is 17.2 Å². The Kier molecular flexibility index (Phi) is 3.15. The number of amides is 1. The molecule has 1 amide bonds. The molecule has 7 heteroatoms. The Labute approximate surface area is 113 Å². The summed E-state index contributed by atoms with van der Waals surface area (Å²) in [6.07, 6.45) is 1.88. The van der Waals surface area contributed by atoms with E-state index in [4.69, 9.17) is 11.6 Å². The Balaban J connectivity index is 1.91. The average molecular weight is 283 g/mol. The van der Waals surface area contributed by atoms with Crippen LogP contribution in [0.5, 0.6) is 0 Å². The second-order valence-corrected chi connectivity index (χ2v) is 5.13. The summed E-state index contributed by atoms with van der Waals surface area (Å²) >= 11 is 7.22. The first-order chi connectivity index (χ1) is 8.75. The van der Waals surface area contributed by atoms with Crippen LogP contribution in [0.4, 0.5) is 5.69 Å². The van der Waals surface area contributed by atoms with Gasteiger partial charge < -0.3 is 10.6 Å². The summed E-state index contributed by atoms with van der Waals surface area (Å²) in [4.78, 5) is 12.1. The molecule has 0 bridgehead atoms. The number of halogens is 1. The predicted molar refractivity (Wildman–Crippen MR) is 72.1 cm³/mol. The third kappa shape index (κ3) is 2.07. The quantitative estimate of drug-likeness (QED) is 0.884. The van der Waals surface area contributed by atoms with Crippen LogP contribution >= 0.6 is 23.3 Å². The lowest BCUT2D eigenvalue weighted by Crippen LogP contribution is -2.35. The molecule has 2 N–H and O–H groups in total. The van der Waals surface area contributed by atoms with E-state index in [0.29, 0.717) is 16.2 Å². The van der Waals surface area contributed by atoms with E-state index >= 15 is 0 Å². The van der Waals surface area contributed by atoms with Gasteiger partial charge in [-0.3, -0.25) is 4.79 Å². The van der Waals surface area contributed by atoms with Gasteiger partial charge in [-0.2, -0.15) is 8.75 Å². The van der Waals surface area contributed by atoms with Gasteiger partial charge in [0.2, 0.25) is 5.91 Å². The molecule has 2 heterocycles. The number of benzene rings is 1. The van der Waals surface area contributed by atoms with Crippen molar-refractivity contribution in [2.75, 3.05) is 11.9 Å². The van der Waals surface area contributed by atoms with Gasteiger partial charge in [-0.1, -0.05) is 11.6 Å². The minimum Gasteiger partial charge on any atom is -0.322 e. The topological polar surface area (TPSA) is 66.9 Å². The molecule has 1 fully saturated rings. The molecule has 1 saturated heterocycles. The van der Waals surface area contributed by atoms with Crippen molar-refractivity contribution in [2.24, 2.45) is 0 Å². The minimum absolute atomic E-state index is 0.0603. The van der Waals surface area contributed by atoms with E-state index < -0.39 is 0 Å². The molecular formula is C11H11ClN4OS. The van der Waals surface area contributed by atoms with Crippen molar-refractivity contribution in [1.29, 1.82) is 0 Å². The Morgan fingerprint density at radius 3 is 3.17 bits per heavy atom. The zero-order valence-corrected chi connectivity index (χ0v) is 11.0. The van der Waals surface area contributed by atoms with E-state index in [9.17, 15) is 4.79 Å². The van der Waals surface area contributed by atoms with Crippen molar-refractivity contribution in [1.82, 2.24) is 14.1 Å². The third-order valence-corrected chi connectivity index (χ3v) is 3.86. The number of nitrogens with one attached hydrogen (secondary N) is 2. The van der Waals surface area contributed by atoms with E-state index in [1.165, 1.54) is 0 Å². The minimum atomic E-state index is -0.136. The molecule has 1 aliphatic rings. The third-order valence-electron chi connectivity index (χ3n) is 3.00. The molecule has 1 aromatic carbocycles. The lowest BCUT2D eigenvalue weighted by Gasteiger charge is -2.12. The van der Waals surface area contributed by atoms with E-state index in [1.54, 1.807) is 12.1 Å². The van der Waals surface area contributed by atoms with Gasteiger partial charge in [0, 0.05) is 0 Å². The SMILES string of the molecule is O=C(Nc1c(Cl)ccc2nsnc12)[C@H]1CCCN1. The van der Waals surface area contributed by atoms with Gasteiger partial charge in [0.25, 0.3) is 0 Å². The van der Waals surface area contributed by atoms with Crippen molar-refractivity contribution in [2.45, 2.75) is 18.9 Å². The number of rotatable bonds is 2. The molecule has 0 aliphatic carbocycles. The summed E-state index contributed by atoms with van der Waals surface area (Å²) in [5.74, 6) is -0.0603. The lowest BCUT2D eigenvalue weighted by molar-refractivity contribution is -0.117. The zero-order chi connectivity index (χ0) is 12.5. The first-order valence-electron chi connectivity index (χ1n) is 5.71. The summed E-state index contributed by atoms with van der Waals surface area (Å²) in [6.45, 7) is 0.883. The fourth-order valence-corrected chi connectivity index (χ4v) is 2.81.